The number of nitrogens with two attached hydrogens (primary N) is 1. The van der Waals surface area contributed by atoms with Crippen molar-refractivity contribution in [1.29, 1.82) is 0 Å². The van der Waals surface area contributed by atoms with Crippen LogP contribution in [0.1, 0.15) is 33.6 Å². The van der Waals surface area contributed by atoms with Gasteiger partial charge in [0.2, 0.25) is 0 Å². The van der Waals surface area contributed by atoms with E-state index < -0.39 is 6.03 Å². The summed E-state index contributed by atoms with van der Waals surface area (Å²) in [6, 6.07) is -0.595. The summed E-state index contributed by atoms with van der Waals surface area (Å²) in [4.78, 5) is 10.5. The van der Waals surface area contributed by atoms with Crippen molar-refractivity contribution in [1.82, 2.24) is 5.43 Å². The Morgan fingerprint density at radius 3 is 2.69 bits per heavy atom. The van der Waals surface area contributed by atoms with Crippen LogP contribution in [0, 0.1) is 11.3 Å². The van der Waals surface area contributed by atoms with Gasteiger partial charge in [-0.25, -0.2) is 10.2 Å². The van der Waals surface area contributed by atoms with Crippen LogP contribution in [0.3, 0.4) is 0 Å². The minimum Gasteiger partial charge on any atom is -0.350 e. The molecule has 1 aliphatic carbocycles. The molecule has 1 atom stereocenters. The average molecular weight is 183 g/mol. The zero-order valence-electron chi connectivity index (χ0n) is 8.42. The van der Waals surface area contributed by atoms with Crippen LogP contribution in [0.2, 0.25) is 0 Å². The van der Waals surface area contributed by atoms with Crippen LogP contribution < -0.4 is 11.2 Å². The van der Waals surface area contributed by atoms with Crippen LogP contribution >= 0.6 is 0 Å². The lowest BCUT2D eigenvalue weighted by Gasteiger charge is -2.23. The SMILES string of the molecule is CC1CC/C(=N\NC(N)=O)C1(C)C. The molecular weight excluding hydrogens is 166 g/mol. The molecule has 0 saturated heterocycles. The molecule has 1 rings (SSSR count). The van der Waals surface area contributed by atoms with Gasteiger partial charge in [0.05, 0.1) is 0 Å². The number of carbonyl (C=O) groups is 1. The zero-order chi connectivity index (χ0) is 10.1. The number of hydrogen-bond donors (Lipinski definition) is 2. The summed E-state index contributed by atoms with van der Waals surface area (Å²) in [7, 11) is 0. The van der Waals surface area contributed by atoms with Crippen LogP contribution in [0.15, 0.2) is 5.10 Å². The fraction of sp³-hybridized carbons (Fsp3) is 0.778. The van der Waals surface area contributed by atoms with Crippen LogP contribution in [0.25, 0.3) is 0 Å². The molecule has 4 nitrogen and oxygen atoms in total. The highest BCUT2D eigenvalue weighted by molar-refractivity contribution is 5.92. The number of amides is 2. The predicted molar refractivity (Wildman–Crippen MR) is 52.3 cm³/mol. The highest BCUT2D eigenvalue weighted by Gasteiger charge is 2.37. The van der Waals surface area contributed by atoms with Crippen molar-refractivity contribution in [2.75, 3.05) is 0 Å². The van der Waals surface area contributed by atoms with Crippen LogP contribution in [0.5, 0.6) is 0 Å². The molecule has 0 aromatic rings. The monoisotopic (exact) mass is 183 g/mol. The molecule has 1 saturated carbocycles. The lowest BCUT2D eigenvalue weighted by Crippen LogP contribution is -2.30. The van der Waals surface area contributed by atoms with Crippen molar-refractivity contribution in [2.24, 2.45) is 22.2 Å². The van der Waals surface area contributed by atoms with Gasteiger partial charge in [-0.15, -0.1) is 0 Å². The average Bonchev–Trinajstić information content (AvgIpc) is 2.25. The van der Waals surface area contributed by atoms with E-state index in [9.17, 15) is 4.79 Å². The van der Waals surface area contributed by atoms with Crippen molar-refractivity contribution in [3.05, 3.63) is 0 Å². The van der Waals surface area contributed by atoms with Crippen molar-refractivity contribution in [3.8, 4) is 0 Å². The van der Waals surface area contributed by atoms with Crippen molar-refractivity contribution >= 4 is 11.7 Å². The maximum absolute atomic E-state index is 10.5. The molecule has 2 amide bonds. The highest BCUT2D eigenvalue weighted by Crippen LogP contribution is 2.39. The van der Waals surface area contributed by atoms with Gasteiger partial charge >= 0.3 is 6.03 Å². The summed E-state index contributed by atoms with van der Waals surface area (Å²) < 4.78 is 0. The first kappa shape index (κ1) is 10.0. The summed E-state index contributed by atoms with van der Waals surface area (Å²) >= 11 is 0. The van der Waals surface area contributed by atoms with Gasteiger partial charge in [0.1, 0.15) is 0 Å². The second kappa shape index (κ2) is 3.36. The largest absolute Gasteiger partial charge is 0.350 e. The van der Waals surface area contributed by atoms with E-state index in [-0.39, 0.29) is 5.41 Å². The van der Waals surface area contributed by atoms with Crippen molar-refractivity contribution in [3.63, 3.8) is 0 Å². The first-order valence-corrected chi connectivity index (χ1v) is 4.57. The van der Waals surface area contributed by atoms with Crippen molar-refractivity contribution < 1.29 is 4.79 Å². The number of nitrogens with one attached hydrogen (secondary N) is 1. The topological polar surface area (TPSA) is 67.5 Å². The Morgan fingerprint density at radius 1 is 1.69 bits per heavy atom. The van der Waals surface area contributed by atoms with Gasteiger partial charge < -0.3 is 5.73 Å². The smallest absolute Gasteiger partial charge is 0.332 e. The lowest BCUT2D eigenvalue weighted by molar-refractivity contribution is 0.249. The summed E-state index contributed by atoms with van der Waals surface area (Å²) in [5.41, 5.74) is 8.35. The van der Waals surface area contributed by atoms with E-state index in [0.29, 0.717) is 5.92 Å². The van der Waals surface area contributed by atoms with Crippen LogP contribution in [-0.2, 0) is 0 Å². The van der Waals surface area contributed by atoms with Crippen LogP contribution in [-0.4, -0.2) is 11.7 Å². The first-order chi connectivity index (χ1) is 5.94. The molecule has 74 valence electrons. The normalized spacial score (nSPS) is 29.2. The molecule has 3 N–H and O–H groups in total. The van der Waals surface area contributed by atoms with Crippen LogP contribution in [0.4, 0.5) is 4.79 Å². The van der Waals surface area contributed by atoms with E-state index in [1.807, 2.05) is 0 Å². The van der Waals surface area contributed by atoms with E-state index in [2.05, 4.69) is 31.3 Å². The number of hydrogen-bond acceptors (Lipinski definition) is 2. The Labute approximate surface area is 78.6 Å². The van der Waals surface area contributed by atoms with E-state index in [1.54, 1.807) is 0 Å². The lowest BCUT2D eigenvalue weighted by atomic mass is 9.82. The second-order valence-electron chi connectivity index (χ2n) is 4.20. The molecule has 13 heavy (non-hydrogen) atoms. The Morgan fingerprint density at radius 2 is 2.31 bits per heavy atom. The van der Waals surface area contributed by atoms with Gasteiger partial charge in [-0.3, -0.25) is 0 Å². The van der Waals surface area contributed by atoms with Gasteiger partial charge in [-0.2, -0.15) is 5.10 Å². The number of nitrogens with zero attached hydrogens (tertiary/aromatic N) is 1. The van der Waals surface area contributed by atoms with E-state index in [1.165, 1.54) is 0 Å². The number of primary amides is 1. The molecular formula is C9H17N3O. The summed E-state index contributed by atoms with van der Waals surface area (Å²) in [5, 5.41) is 4.02. The third kappa shape index (κ3) is 1.99. The third-order valence-corrected chi connectivity index (χ3v) is 3.09. The zero-order valence-corrected chi connectivity index (χ0v) is 8.42. The molecule has 1 aliphatic rings. The maximum Gasteiger partial charge on any atom is 0.332 e. The van der Waals surface area contributed by atoms with Gasteiger partial charge in [0, 0.05) is 11.1 Å². The third-order valence-electron chi connectivity index (χ3n) is 3.09. The van der Waals surface area contributed by atoms with E-state index in [0.717, 1.165) is 18.6 Å². The minimum atomic E-state index is -0.595. The fourth-order valence-corrected chi connectivity index (χ4v) is 1.64. The van der Waals surface area contributed by atoms with Gasteiger partial charge in [-0.1, -0.05) is 20.8 Å². The molecule has 4 heteroatoms. The molecule has 0 spiro atoms. The number of rotatable bonds is 1. The number of hydrazone groups is 1. The predicted octanol–water partition coefficient (Wildman–Crippen LogP) is 1.47. The Bertz CT molecular complexity index is 245. The molecule has 0 bridgehead atoms. The van der Waals surface area contributed by atoms with Gasteiger partial charge in [-0.05, 0) is 18.8 Å². The van der Waals surface area contributed by atoms with E-state index >= 15 is 0 Å². The maximum atomic E-state index is 10.5. The molecule has 0 heterocycles. The standard InChI is InChI=1S/C9H17N3O/c1-6-4-5-7(9(6,2)3)11-12-8(10)13/h6H,4-5H2,1-3H3,(H3,10,12,13)/b11-7+. The Kier molecular flexibility index (Phi) is 2.59. The highest BCUT2D eigenvalue weighted by atomic mass is 16.2. The Balaban J connectivity index is 2.71. The minimum absolute atomic E-state index is 0.0858. The second-order valence-corrected chi connectivity index (χ2v) is 4.20. The Hall–Kier alpha value is -1.06. The summed E-state index contributed by atoms with van der Waals surface area (Å²) in [6.07, 6.45) is 2.08. The fourth-order valence-electron chi connectivity index (χ4n) is 1.64. The summed E-state index contributed by atoms with van der Waals surface area (Å²) in [5.74, 6) is 0.612. The van der Waals surface area contributed by atoms with Gasteiger partial charge in [0.15, 0.2) is 0 Å². The quantitative estimate of drug-likeness (QED) is 0.594. The number of urea groups is 1. The summed E-state index contributed by atoms with van der Waals surface area (Å²) in [6.45, 7) is 6.49. The van der Waals surface area contributed by atoms with Crippen molar-refractivity contribution in [2.45, 2.75) is 33.6 Å². The molecule has 1 fully saturated rings. The molecule has 1 unspecified atom stereocenters. The number of carbonyl (C=O) groups excluding carboxylic acids is 1. The molecule has 0 aliphatic heterocycles. The first-order valence-electron chi connectivity index (χ1n) is 4.57. The molecule has 0 aromatic carbocycles. The molecule has 0 aromatic heterocycles. The molecule has 0 radical (unpaired) electrons. The van der Waals surface area contributed by atoms with Gasteiger partial charge in [0.25, 0.3) is 0 Å². The van der Waals surface area contributed by atoms with E-state index in [4.69, 9.17) is 5.73 Å².